The first-order valence-electron chi connectivity index (χ1n) is 8.93. The number of nitrogens with zero attached hydrogens (tertiary/aromatic N) is 2. The summed E-state index contributed by atoms with van der Waals surface area (Å²) >= 11 is 0. The van der Waals surface area contributed by atoms with E-state index in [2.05, 4.69) is 15.1 Å². The highest BCUT2D eigenvalue weighted by Crippen LogP contribution is 2.18. The van der Waals surface area contributed by atoms with E-state index in [0.717, 1.165) is 25.7 Å². The zero-order chi connectivity index (χ0) is 18.4. The molecule has 1 aromatic carbocycles. The van der Waals surface area contributed by atoms with Gasteiger partial charge in [-0.25, -0.2) is 13.1 Å². The lowest BCUT2D eigenvalue weighted by Crippen LogP contribution is -2.32. The maximum Gasteiger partial charge on any atom is 0.251 e. The van der Waals surface area contributed by atoms with Crippen molar-refractivity contribution >= 4 is 15.9 Å². The topological polar surface area (TPSA) is 93.1 Å². The Morgan fingerprint density at radius 3 is 2.77 bits per heavy atom. The normalized spacial score (nSPS) is 15.2. The zero-order valence-electron chi connectivity index (χ0n) is 14.6. The molecule has 3 rings (SSSR count). The number of aromatic nitrogens is 2. The number of sulfonamides is 1. The molecule has 7 nitrogen and oxygen atoms in total. The van der Waals surface area contributed by atoms with E-state index < -0.39 is 10.0 Å². The maximum atomic E-state index is 12.4. The summed E-state index contributed by atoms with van der Waals surface area (Å²) in [6.45, 7) is 0.944. The van der Waals surface area contributed by atoms with Crippen molar-refractivity contribution in [2.45, 2.75) is 49.6 Å². The first-order valence-corrected chi connectivity index (χ1v) is 10.4. The molecule has 1 heterocycles. The molecule has 1 amide bonds. The largest absolute Gasteiger partial charge is 0.349 e. The van der Waals surface area contributed by atoms with Gasteiger partial charge in [0.15, 0.2) is 0 Å². The minimum Gasteiger partial charge on any atom is -0.349 e. The van der Waals surface area contributed by atoms with E-state index in [4.69, 9.17) is 0 Å². The Hall–Kier alpha value is -2.19. The van der Waals surface area contributed by atoms with Gasteiger partial charge in [-0.15, -0.1) is 0 Å². The molecule has 8 heteroatoms. The Kier molecular flexibility index (Phi) is 6.05. The molecule has 2 N–H and O–H groups in total. The van der Waals surface area contributed by atoms with Crippen molar-refractivity contribution < 1.29 is 13.2 Å². The molecule has 0 unspecified atom stereocenters. The molecule has 1 saturated carbocycles. The fraction of sp³-hybridized carbons (Fsp3) is 0.444. The predicted molar refractivity (Wildman–Crippen MR) is 98.2 cm³/mol. The lowest BCUT2D eigenvalue weighted by molar-refractivity contribution is 0.0937. The summed E-state index contributed by atoms with van der Waals surface area (Å²) in [7, 11) is -3.64. The third-order valence-electron chi connectivity index (χ3n) is 4.51. The Balaban J connectivity index is 1.57. The highest BCUT2D eigenvalue weighted by molar-refractivity contribution is 7.89. The quantitative estimate of drug-likeness (QED) is 0.689. The van der Waals surface area contributed by atoms with Gasteiger partial charge in [0.1, 0.15) is 0 Å². The number of amides is 1. The summed E-state index contributed by atoms with van der Waals surface area (Å²) in [6.07, 6.45) is 8.38. The summed E-state index contributed by atoms with van der Waals surface area (Å²) in [4.78, 5) is 12.4. The van der Waals surface area contributed by atoms with Crippen LogP contribution in [0.2, 0.25) is 0 Å². The van der Waals surface area contributed by atoms with Gasteiger partial charge in [0, 0.05) is 37.1 Å². The lowest BCUT2D eigenvalue weighted by Gasteiger charge is -2.13. The molecule has 0 atom stereocenters. The molecule has 1 aliphatic carbocycles. The minimum absolute atomic E-state index is 0.107. The Morgan fingerprint density at radius 2 is 2.04 bits per heavy atom. The molecule has 0 bridgehead atoms. The highest BCUT2D eigenvalue weighted by atomic mass is 32.2. The summed E-state index contributed by atoms with van der Waals surface area (Å²) in [6, 6.07) is 8.19. The fourth-order valence-electron chi connectivity index (χ4n) is 3.11. The van der Waals surface area contributed by atoms with Crippen LogP contribution in [0.25, 0.3) is 0 Å². The summed E-state index contributed by atoms with van der Waals surface area (Å²) in [5.74, 6) is -0.215. The molecule has 1 fully saturated rings. The van der Waals surface area contributed by atoms with Crippen LogP contribution in [0.1, 0.15) is 42.5 Å². The van der Waals surface area contributed by atoms with Crippen molar-refractivity contribution in [2.24, 2.45) is 0 Å². The van der Waals surface area contributed by atoms with Crippen LogP contribution in [0.5, 0.6) is 0 Å². The van der Waals surface area contributed by atoms with Crippen molar-refractivity contribution in [3.8, 4) is 0 Å². The third kappa shape index (κ3) is 4.92. The van der Waals surface area contributed by atoms with E-state index >= 15 is 0 Å². The Bertz CT molecular complexity index is 828. The second kappa shape index (κ2) is 8.46. The SMILES string of the molecule is O=C(NC1CCCC1)c1cccc(S(=O)(=O)NCCCn2cccn2)c1. The number of hydrogen-bond acceptors (Lipinski definition) is 4. The Labute approximate surface area is 153 Å². The number of carbonyl (C=O) groups excluding carboxylic acids is 1. The van der Waals surface area contributed by atoms with Crippen LogP contribution < -0.4 is 10.0 Å². The van der Waals surface area contributed by atoms with Gasteiger partial charge < -0.3 is 5.32 Å². The number of rotatable bonds is 8. The molecule has 0 saturated heterocycles. The molecule has 140 valence electrons. The molecule has 0 aliphatic heterocycles. The van der Waals surface area contributed by atoms with Crippen LogP contribution in [0.15, 0.2) is 47.6 Å². The van der Waals surface area contributed by atoms with Gasteiger partial charge in [-0.05, 0) is 43.5 Å². The average molecular weight is 376 g/mol. The van der Waals surface area contributed by atoms with E-state index in [-0.39, 0.29) is 16.8 Å². The molecule has 1 aliphatic rings. The molecular weight excluding hydrogens is 352 g/mol. The zero-order valence-corrected chi connectivity index (χ0v) is 15.4. The number of hydrogen-bond donors (Lipinski definition) is 2. The van der Waals surface area contributed by atoms with Crippen LogP contribution in [0.4, 0.5) is 0 Å². The van der Waals surface area contributed by atoms with Gasteiger partial charge in [-0.1, -0.05) is 18.9 Å². The average Bonchev–Trinajstić information content (AvgIpc) is 3.33. The summed E-state index contributed by atoms with van der Waals surface area (Å²) in [5.41, 5.74) is 0.372. The number of benzene rings is 1. The Morgan fingerprint density at radius 1 is 1.23 bits per heavy atom. The monoisotopic (exact) mass is 376 g/mol. The molecule has 1 aromatic heterocycles. The van der Waals surface area contributed by atoms with Crippen LogP contribution in [0, 0.1) is 0 Å². The second-order valence-corrected chi connectivity index (χ2v) is 8.27. The van der Waals surface area contributed by atoms with Crippen LogP contribution in [0.3, 0.4) is 0 Å². The van der Waals surface area contributed by atoms with E-state index in [1.54, 1.807) is 23.0 Å². The minimum atomic E-state index is -3.64. The van der Waals surface area contributed by atoms with Gasteiger partial charge in [0.2, 0.25) is 10.0 Å². The van der Waals surface area contributed by atoms with E-state index in [0.29, 0.717) is 25.1 Å². The smallest absolute Gasteiger partial charge is 0.251 e. The van der Waals surface area contributed by atoms with Crippen LogP contribution >= 0.6 is 0 Å². The van der Waals surface area contributed by atoms with Gasteiger partial charge in [-0.3, -0.25) is 9.48 Å². The summed E-state index contributed by atoms with van der Waals surface area (Å²) in [5, 5.41) is 7.05. The van der Waals surface area contributed by atoms with E-state index in [9.17, 15) is 13.2 Å². The van der Waals surface area contributed by atoms with Crippen molar-refractivity contribution in [1.29, 1.82) is 0 Å². The molecule has 0 spiro atoms. The van der Waals surface area contributed by atoms with E-state index in [1.807, 2.05) is 12.3 Å². The standard InChI is InChI=1S/C18H24N4O3S/c23-18(21-16-7-1-2-8-16)15-6-3-9-17(14-15)26(24,25)20-11-5-13-22-12-4-10-19-22/h3-4,6,9-10,12,14,16,20H,1-2,5,7-8,11,13H2,(H,21,23). The first-order chi connectivity index (χ1) is 12.5. The molecule has 0 radical (unpaired) electrons. The maximum absolute atomic E-state index is 12.4. The van der Waals surface area contributed by atoms with Gasteiger partial charge in [0.05, 0.1) is 4.90 Å². The number of aryl methyl sites for hydroxylation is 1. The number of carbonyl (C=O) groups is 1. The number of nitrogens with one attached hydrogen (secondary N) is 2. The third-order valence-corrected chi connectivity index (χ3v) is 5.97. The molecule has 2 aromatic rings. The lowest BCUT2D eigenvalue weighted by atomic mass is 10.2. The summed E-state index contributed by atoms with van der Waals surface area (Å²) < 4.78 is 29.2. The highest BCUT2D eigenvalue weighted by Gasteiger charge is 2.20. The fourth-order valence-corrected chi connectivity index (χ4v) is 4.23. The first kappa shape index (κ1) is 18.6. The van der Waals surface area contributed by atoms with Gasteiger partial charge >= 0.3 is 0 Å². The predicted octanol–water partition coefficient (Wildman–Crippen LogP) is 1.92. The van der Waals surface area contributed by atoms with Crippen molar-refractivity contribution in [3.63, 3.8) is 0 Å². The van der Waals surface area contributed by atoms with Crippen LogP contribution in [-0.2, 0) is 16.6 Å². The van der Waals surface area contributed by atoms with E-state index in [1.165, 1.54) is 12.1 Å². The van der Waals surface area contributed by atoms with Crippen molar-refractivity contribution in [1.82, 2.24) is 19.8 Å². The van der Waals surface area contributed by atoms with Crippen molar-refractivity contribution in [3.05, 3.63) is 48.3 Å². The molecular formula is C18H24N4O3S. The van der Waals surface area contributed by atoms with Crippen LogP contribution in [-0.4, -0.2) is 36.7 Å². The van der Waals surface area contributed by atoms with Gasteiger partial charge in [0.25, 0.3) is 5.91 Å². The second-order valence-electron chi connectivity index (χ2n) is 6.50. The van der Waals surface area contributed by atoms with Gasteiger partial charge in [-0.2, -0.15) is 5.10 Å². The molecule has 26 heavy (non-hydrogen) atoms. The van der Waals surface area contributed by atoms with Crippen molar-refractivity contribution in [2.75, 3.05) is 6.54 Å².